The smallest absolute Gasteiger partial charge is 0.303 e. The van der Waals surface area contributed by atoms with Crippen LogP contribution in [-0.4, -0.2) is 47.0 Å². The fourth-order valence-electron chi connectivity index (χ4n) is 1.68. The molecule has 14 heavy (non-hydrogen) atoms. The minimum atomic E-state index is -4.37. The highest BCUT2D eigenvalue weighted by Gasteiger charge is 2.26. The summed E-state index contributed by atoms with van der Waals surface area (Å²) in [6.45, 7) is 1.06. The standard InChI is InChI=1S/C7H15NO5P/c9-5-4-8-3-1-2-7(8)6-13-14(10,11)12/h7H,1-6H2,(H2,10,11,12). The van der Waals surface area contributed by atoms with E-state index in [-0.39, 0.29) is 19.3 Å². The Hall–Kier alpha value is 0.0300. The number of likely N-dealkylation sites (tertiary alicyclic amines) is 1. The molecule has 1 heterocycles. The summed E-state index contributed by atoms with van der Waals surface area (Å²) in [5.41, 5.74) is 0. The third-order valence-electron chi connectivity index (χ3n) is 2.31. The lowest BCUT2D eigenvalue weighted by Crippen LogP contribution is -2.34. The summed E-state index contributed by atoms with van der Waals surface area (Å²) in [4.78, 5) is 18.9. The summed E-state index contributed by atoms with van der Waals surface area (Å²) in [5, 5.41) is 10.4. The van der Waals surface area contributed by atoms with Crippen molar-refractivity contribution >= 4 is 7.82 Å². The molecular formula is C7H15NO5P. The van der Waals surface area contributed by atoms with Gasteiger partial charge in [0, 0.05) is 12.6 Å². The Morgan fingerprint density at radius 2 is 2.21 bits per heavy atom. The van der Waals surface area contributed by atoms with Gasteiger partial charge in [-0.15, -0.1) is 0 Å². The van der Waals surface area contributed by atoms with Crippen molar-refractivity contribution in [3.63, 3.8) is 0 Å². The van der Waals surface area contributed by atoms with Crippen LogP contribution < -0.4 is 0 Å². The van der Waals surface area contributed by atoms with Gasteiger partial charge in [-0.25, -0.2) is 9.67 Å². The minimum Gasteiger partial charge on any atom is -0.303 e. The highest BCUT2D eigenvalue weighted by Crippen LogP contribution is 2.36. The van der Waals surface area contributed by atoms with Crippen molar-refractivity contribution in [3.05, 3.63) is 0 Å². The molecule has 7 heteroatoms. The first-order valence-corrected chi connectivity index (χ1v) is 6.08. The van der Waals surface area contributed by atoms with Crippen molar-refractivity contribution in [1.82, 2.24) is 4.90 Å². The van der Waals surface area contributed by atoms with Gasteiger partial charge in [-0.3, -0.25) is 9.42 Å². The average molecular weight is 224 g/mol. The second-order valence-corrected chi connectivity index (χ2v) is 4.56. The van der Waals surface area contributed by atoms with Gasteiger partial charge >= 0.3 is 7.82 Å². The minimum absolute atomic E-state index is 0.00424. The number of rotatable bonds is 5. The van der Waals surface area contributed by atoms with E-state index in [1.165, 1.54) is 0 Å². The molecule has 1 aliphatic rings. The van der Waals surface area contributed by atoms with Gasteiger partial charge in [-0.1, -0.05) is 0 Å². The molecule has 2 N–H and O–H groups in total. The second kappa shape index (κ2) is 5.21. The van der Waals surface area contributed by atoms with E-state index in [9.17, 15) is 9.67 Å². The molecule has 0 aliphatic carbocycles. The third-order valence-corrected chi connectivity index (χ3v) is 2.80. The molecule has 1 atom stereocenters. The van der Waals surface area contributed by atoms with Crippen LogP contribution in [0.15, 0.2) is 0 Å². The fraction of sp³-hybridized carbons (Fsp3) is 1.00. The molecule has 1 saturated heterocycles. The quantitative estimate of drug-likeness (QED) is 0.641. The van der Waals surface area contributed by atoms with E-state index in [0.717, 1.165) is 19.4 Å². The van der Waals surface area contributed by atoms with Crippen LogP contribution in [0.25, 0.3) is 0 Å². The van der Waals surface area contributed by atoms with Crippen LogP contribution >= 0.6 is 7.82 Å². The highest BCUT2D eigenvalue weighted by molar-refractivity contribution is 7.46. The van der Waals surface area contributed by atoms with Gasteiger partial charge in [0.15, 0.2) is 0 Å². The van der Waals surface area contributed by atoms with Gasteiger partial charge in [0.1, 0.15) is 0 Å². The maximum Gasteiger partial charge on any atom is 0.469 e. The maximum atomic E-state index is 10.4. The molecule has 0 aromatic heterocycles. The van der Waals surface area contributed by atoms with E-state index in [1.807, 2.05) is 4.90 Å². The maximum absolute atomic E-state index is 10.4. The lowest BCUT2D eigenvalue weighted by atomic mass is 10.2. The largest absolute Gasteiger partial charge is 0.469 e. The molecule has 0 saturated carbocycles. The van der Waals surface area contributed by atoms with Crippen molar-refractivity contribution in [2.75, 3.05) is 26.3 Å². The highest BCUT2D eigenvalue weighted by atomic mass is 31.2. The number of phosphoric ester groups is 1. The van der Waals surface area contributed by atoms with Crippen molar-refractivity contribution in [3.8, 4) is 0 Å². The van der Waals surface area contributed by atoms with Crippen molar-refractivity contribution in [2.24, 2.45) is 0 Å². The number of hydrogen-bond donors (Lipinski definition) is 2. The Morgan fingerprint density at radius 1 is 1.50 bits per heavy atom. The zero-order valence-electron chi connectivity index (χ0n) is 7.83. The molecular weight excluding hydrogens is 209 g/mol. The van der Waals surface area contributed by atoms with E-state index in [4.69, 9.17) is 9.79 Å². The predicted octanol–water partition coefficient (Wildman–Crippen LogP) is -0.00940. The molecule has 1 aliphatic heterocycles. The van der Waals surface area contributed by atoms with Gasteiger partial charge in [-0.05, 0) is 19.4 Å². The zero-order valence-corrected chi connectivity index (χ0v) is 8.73. The monoisotopic (exact) mass is 224 g/mol. The first-order chi connectivity index (χ1) is 6.53. The van der Waals surface area contributed by atoms with Gasteiger partial charge in [0.2, 0.25) is 0 Å². The molecule has 0 aromatic carbocycles. The van der Waals surface area contributed by atoms with Crippen molar-refractivity contribution in [2.45, 2.75) is 18.9 Å². The normalized spacial score (nSPS) is 24.4. The van der Waals surface area contributed by atoms with E-state index in [2.05, 4.69) is 4.52 Å². The summed E-state index contributed by atoms with van der Waals surface area (Å²) in [5.74, 6) is 0. The number of nitrogens with zero attached hydrogens (tertiary/aromatic N) is 1. The summed E-state index contributed by atoms with van der Waals surface area (Å²) >= 11 is 0. The Morgan fingerprint density at radius 3 is 2.79 bits per heavy atom. The molecule has 0 aromatic rings. The number of phosphoric acid groups is 1. The summed E-state index contributed by atoms with van der Waals surface area (Å²) in [7, 11) is -4.37. The molecule has 1 radical (unpaired) electrons. The molecule has 1 unspecified atom stereocenters. The SMILES string of the molecule is [O]CCN1CCCC1COP(=O)(O)O. The van der Waals surface area contributed by atoms with Crippen LogP contribution in [0.2, 0.25) is 0 Å². The topological polar surface area (TPSA) is 89.9 Å². The third kappa shape index (κ3) is 4.04. The first kappa shape index (κ1) is 12.1. The van der Waals surface area contributed by atoms with Crippen LogP contribution in [0.5, 0.6) is 0 Å². The van der Waals surface area contributed by atoms with E-state index in [0.29, 0.717) is 6.54 Å². The zero-order chi connectivity index (χ0) is 10.6. The summed E-state index contributed by atoms with van der Waals surface area (Å²) in [6, 6.07) is -0.0171. The van der Waals surface area contributed by atoms with Crippen LogP contribution in [0.4, 0.5) is 0 Å². The Labute approximate surface area is 82.7 Å². The summed E-state index contributed by atoms with van der Waals surface area (Å²) < 4.78 is 14.9. The molecule has 0 bridgehead atoms. The van der Waals surface area contributed by atoms with Crippen LogP contribution in [0, 0.1) is 0 Å². The molecule has 83 valence electrons. The second-order valence-electron chi connectivity index (χ2n) is 3.32. The van der Waals surface area contributed by atoms with Gasteiger partial charge in [0.25, 0.3) is 0 Å². The molecule has 0 spiro atoms. The van der Waals surface area contributed by atoms with Crippen molar-refractivity contribution in [1.29, 1.82) is 0 Å². The van der Waals surface area contributed by atoms with Crippen LogP contribution in [-0.2, 0) is 14.2 Å². The lowest BCUT2D eigenvalue weighted by Gasteiger charge is -2.22. The fourth-order valence-corrected chi connectivity index (χ4v) is 2.04. The Kier molecular flexibility index (Phi) is 4.50. The summed E-state index contributed by atoms with van der Waals surface area (Å²) in [6.07, 6.45) is 1.79. The van der Waals surface area contributed by atoms with E-state index >= 15 is 0 Å². The molecule has 0 amide bonds. The van der Waals surface area contributed by atoms with E-state index in [1.54, 1.807) is 0 Å². The lowest BCUT2D eigenvalue weighted by molar-refractivity contribution is 0.101. The van der Waals surface area contributed by atoms with Gasteiger partial charge in [0.05, 0.1) is 13.2 Å². The van der Waals surface area contributed by atoms with Crippen LogP contribution in [0.3, 0.4) is 0 Å². The average Bonchev–Trinajstić information content (AvgIpc) is 2.48. The van der Waals surface area contributed by atoms with Crippen LogP contribution in [0.1, 0.15) is 12.8 Å². The molecule has 1 fully saturated rings. The first-order valence-electron chi connectivity index (χ1n) is 4.55. The van der Waals surface area contributed by atoms with Gasteiger partial charge < -0.3 is 9.79 Å². The number of hydrogen-bond acceptors (Lipinski definition) is 3. The Balaban J connectivity index is 2.32. The molecule has 6 nitrogen and oxygen atoms in total. The van der Waals surface area contributed by atoms with Gasteiger partial charge in [-0.2, -0.15) is 0 Å². The predicted molar refractivity (Wildman–Crippen MR) is 48.1 cm³/mol. The molecule has 1 rings (SSSR count). The Bertz CT molecular complexity index is 218. The van der Waals surface area contributed by atoms with Crippen molar-refractivity contribution < 1.29 is 24.0 Å². The van der Waals surface area contributed by atoms with E-state index < -0.39 is 7.82 Å².